The number of alkyl halides is 3. The molecule has 154 valence electrons. The lowest BCUT2D eigenvalue weighted by molar-refractivity contribution is -0.137. The van der Waals surface area contributed by atoms with Crippen LogP contribution in [-0.4, -0.2) is 12.1 Å². The molecule has 0 fully saturated rings. The third-order valence-corrected chi connectivity index (χ3v) is 5.36. The number of halogens is 5. The number of nitrogens with one attached hydrogen (secondary N) is 2. The summed E-state index contributed by atoms with van der Waals surface area (Å²) < 4.78 is 44.4. The lowest BCUT2D eigenvalue weighted by atomic mass is 10.1. The molecule has 0 atom stereocenters. The fourth-order valence-corrected chi connectivity index (χ4v) is 3.52. The van der Waals surface area contributed by atoms with E-state index in [2.05, 4.69) is 10.3 Å². The highest BCUT2D eigenvalue weighted by atomic mass is 35.5. The molecule has 0 saturated carbocycles. The summed E-state index contributed by atoms with van der Waals surface area (Å²) >= 11 is 12.2. The molecule has 0 spiro atoms. The first-order valence-corrected chi connectivity index (χ1v) is 9.60. The van der Waals surface area contributed by atoms with Gasteiger partial charge in [0.2, 0.25) is 0 Å². The zero-order chi connectivity index (χ0) is 21.5. The molecular weight excluding hydrogens is 436 g/mol. The SMILES string of the molecule is COc1ccc(-c2cc3cc(Cl)c(Cl)cc3[nH]2)cc1Nc1cccc(C(F)(F)F)c1. The smallest absolute Gasteiger partial charge is 0.416 e. The lowest BCUT2D eigenvalue weighted by Crippen LogP contribution is -2.05. The summed E-state index contributed by atoms with van der Waals surface area (Å²) in [7, 11) is 1.50. The molecule has 8 heteroatoms. The van der Waals surface area contributed by atoms with Crippen molar-refractivity contribution in [2.45, 2.75) is 6.18 Å². The molecule has 0 aliphatic heterocycles. The van der Waals surface area contributed by atoms with Gasteiger partial charge in [-0.25, -0.2) is 0 Å². The van der Waals surface area contributed by atoms with Gasteiger partial charge < -0.3 is 15.0 Å². The number of benzene rings is 3. The predicted molar refractivity (Wildman–Crippen MR) is 115 cm³/mol. The minimum atomic E-state index is -4.42. The van der Waals surface area contributed by atoms with Gasteiger partial charge >= 0.3 is 6.18 Å². The highest BCUT2D eigenvalue weighted by molar-refractivity contribution is 6.42. The van der Waals surface area contributed by atoms with Crippen LogP contribution in [-0.2, 0) is 6.18 Å². The molecule has 0 amide bonds. The third-order valence-electron chi connectivity index (χ3n) is 4.64. The van der Waals surface area contributed by atoms with Crippen molar-refractivity contribution in [2.24, 2.45) is 0 Å². The second-order valence-corrected chi connectivity index (χ2v) is 7.47. The van der Waals surface area contributed by atoms with Crippen LogP contribution in [0.25, 0.3) is 22.2 Å². The van der Waals surface area contributed by atoms with Crippen molar-refractivity contribution in [2.75, 3.05) is 12.4 Å². The predicted octanol–water partition coefficient (Wildman–Crippen LogP) is 7.91. The molecule has 0 saturated heterocycles. The Kier molecular flexibility index (Phi) is 5.30. The minimum Gasteiger partial charge on any atom is -0.495 e. The van der Waals surface area contributed by atoms with Crippen molar-refractivity contribution < 1.29 is 17.9 Å². The summed E-state index contributed by atoms with van der Waals surface area (Å²) in [5.41, 5.74) is 2.54. The Morgan fingerprint density at radius 1 is 0.933 bits per heavy atom. The number of anilines is 2. The maximum atomic E-state index is 13.0. The minimum absolute atomic E-state index is 0.301. The summed E-state index contributed by atoms with van der Waals surface area (Å²) in [6, 6.07) is 15.8. The van der Waals surface area contributed by atoms with Crippen LogP contribution < -0.4 is 10.1 Å². The molecule has 0 aliphatic carbocycles. The normalized spacial score (nSPS) is 11.7. The first-order chi connectivity index (χ1) is 14.2. The van der Waals surface area contributed by atoms with Gasteiger partial charge in [0.05, 0.1) is 28.4 Å². The van der Waals surface area contributed by atoms with Gasteiger partial charge in [-0.15, -0.1) is 0 Å². The van der Waals surface area contributed by atoms with E-state index in [1.807, 2.05) is 12.1 Å². The van der Waals surface area contributed by atoms with Crippen molar-refractivity contribution in [1.82, 2.24) is 4.98 Å². The number of methoxy groups -OCH3 is 1. The second kappa shape index (κ2) is 7.78. The number of aromatic amines is 1. The largest absolute Gasteiger partial charge is 0.495 e. The van der Waals surface area contributed by atoms with Gasteiger partial charge in [0, 0.05) is 27.8 Å². The van der Waals surface area contributed by atoms with Gasteiger partial charge in [0.15, 0.2) is 0 Å². The monoisotopic (exact) mass is 450 g/mol. The van der Waals surface area contributed by atoms with Gasteiger partial charge in [0.25, 0.3) is 0 Å². The first-order valence-electron chi connectivity index (χ1n) is 8.85. The van der Waals surface area contributed by atoms with E-state index in [1.165, 1.54) is 13.2 Å². The Labute approximate surface area is 180 Å². The fourth-order valence-electron chi connectivity index (χ4n) is 3.18. The molecule has 3 nitrogen and oxygen atoms in total. The molecule has 1 aromatic heterocycles. The van der Waals surface area contributed by atoms with Gasteiger partial charge in [0.1, 0.15) is 5.75 Å². The summed E-state index contributed by atoms with van der Waals surface area (Å²) in [4.78, 5) is 3.28. The van der Waals surface area contributed by atoms with E-state index in [0.29, 0.717) is 27.2 Å². The number of hydrogen-bond acceptors (Lipinski definition) is 2. The Morgan fingerprint density at radius 3 is 2.43 bits per heavy atom. The van der Waals surface area contributed by atoms with Crippen LogP contribution in [0.2, 0.25) is 10.0 Å². The van der Waals surface area contributed by atoms with Crippen LogP contribution in [0.5, 0.6) is 5.75 Å². The van der Waals surface area contributed by atoms with E-state index in [4.69, 9.17) is 27.9 Å². The molecule has 0 bridgehead atoms. The first kappa shape index (κ1) is 20.4. The lowest BCUT2D eigenvalue weighted by Gasteiger charge is -2.14. The summed E-state index contributed by atoms with van der Waals surface area (Å²) in [5.74, 6) is 0.498. The Balaban J connectivity index is 1.73. The molecular formula is C22H15Cl2F3N2O. The number of rotatable bonds is 4. The fraction of sp³-hybridized carbons (Fsp3) is 0.0909. The van der Waals surface area contributed by atoms with E-state index in [-0.39, 0.29) is 0 Å². The van der Waals surface area contributed by atoms with Crippen LogP contribution >= 0.6 is 23.2 Å². The number of fused-ring (bicyclic) bond motifs is 1. The molecule has 2 N–H and O–H groups in total. The molecule has 0 unspecified atom stereocenters. The van der Waals surface area contributed by atoms with Gasteiger partial charge in [-0.3, -0.25) is 0 Å². The summed E-state index contributed by atoms with van der Waals surface area (Å²) in [6.07, 6.45) is -4.42. The summed E-state index contributed by atoms with van der Waals surface area (Å²) in [5, 5.41) is 4.81. The second-order valence-electron chi connectivity index (χ2n) is 6.66. The van der Waals surface area contributed by atoms with E-state index in [9.17, 15) is 13.2 Å². The Morgan fingerprint density at radius 2 is 1.70 bits per heavy atom. The Bertz CT molecular complexity index is 1200. The molecule has 4 aromatic rings. The summed E-state index contributed by atoms with van der Waals surface area (Å²) in [6.45, 7) is 0. The van der Waals surface area contributed by atoms with E-state index >= 15 is 0 Å². The van der Waals surface area contributed by atoms with E-state index in [1.54, 1.807) is 30.3 Å². The standard InChI is InChI=1S/C22H15Cl2F3N2O/c1-30-21-6-5-12(18-9-13-7-16(23)17(24)11-19(13)29-18)8-20(21)28-15-4-2-3-14(10-15)22(25,26)27/h2-11,28-29H,1H3. The average Bonchev–Trinajstić information content (AvgIpc) is 3.10. The highest BCUT2D eigenvalue weighted by Gasteiger charge is 2.30. The van der Waals surface area contributed by atoms with Crippen LogP contribution in [0.1, 0.15) is 5.56 Å². The quantitative estimate of drug-likeness (QED) is 0.331. The van der Waals surface area contributed by atoms with Crippen LogP contribution in [0.15, 0.2) is 60.7 Å². The topological polar surface area (TPSA) is 37.0 Å². The van der Waals surface area contributed by atoms with E-state index < -0.39 is 11.7 Å². The van der Waals surface area contributed by atoms with Crippen molar-refractivity contribution in [1.29, 1.82) is 0 Å². The molecule has 0 radical (unpaired) electrons. The van der Waals surface area contributed by atoms with Crippen LogP contribution in [0.4, 0.5) is 24.5 Å². The van der Waals surface area contributed by atoms with Gasteiger partial charge in [-0.1, -0.05) is 29.3 Å². The zero-order valence-corrected chi connectivity index (χ0v) is 17.1. The van der Waals surface area contributed by atoms with Crippen molar-refractivity contribution in [3.8, 4) is 17.0 Å². The van der Waals surface area contributed by atoms with Crippen LogP contribution in [0.3, 0.4) is 0 Å². The molecule has 30 heavy (non-hydrogen) atoms. The van der Waals surface area contributed by atoms with Crippen LogP contribution in [0, 0.1) is 0 Å². The van der Waals surface area contributed by atoms with Gasteiger partial charge in [-0.05, 0) is 54.6 Å². The molecule has 0 aliphatic rings. The van der Waals surface area contributed by atoms with Crippen molar-refractivity contribution in [3.05, 3.63) is 76.3 Å². The molecule has 3 aromatic carbocycles. The number of H-pyrrole nitrogens is 1. The Hall–Kier alpha value is -2.83. The van der Waals surface area contributed by atoms with E-state index in [0.717, 1.165) is 34.3 Å². The van der Waals surface area contributed by atoms with Crippen molar-refractivity contribution in [3.63, 3.8) is 0 Å². The third kappa shape index (κ3) is 4.06. The maximum absolute atomic E-state index is 13.0. The number of aromatic nitrogens is 1. The van der Waals surface area contributed by atoms with Crippen molar-refractivity contribution >= 4 is 45.5 Å². The average molecular weight is 451 g/mol. The van der Waals surface area contributed by atoms with Gasteiger partial charge in [-0.2, -0.15) is 13.2 Å². The molecule has 1 heterocycles. The maximum Gasteiger partial charge on any atom is 0.416 e. The molecule has 4 rings (SSSR count). The zero-order valence-electron chi connectivity index (χ0n) is 15.6. The number of hydrogen-bond donors (Lipinski definition) is 2. The highest BCUT2D eigenvalue weighted by Crippen LogP contribution is 2.36. The number of ether oxygens (including phenoxy) is 1.